The number of carbonyl (C=O) groups is 2. The number of nitrogens with zero attached hydrogens (tertiary/aromatic N) is 5. The molecule has 3 heterocycles. The highest BCUT2D eigenvalue weighted by Crippen LogP contribution is 2.23. The molecule has 10 heteroatoms. The molecule has 1 unspecified atom stereocenters. The first kappa shape index (κ1) is 22.7. The summed E-state index contributed by atoms with van der Waals surface area (Å²) in [4.78, 5) is 35.2. The van der Waals surface area contributed by atoms with Crippen LogP contribution in [0.25, 0.3) is 11.4 Å². The summed E-state index contributed by atoms with van der Waals surface area (Å²) in [5.74, 6) is 1.24. The molecule has 1 atom stereocenters. The molecule has 2 aliphatic rings. The SMILES string of the molecule is CCOC(=O)N1CCN(C(=O)C2CCCN(Cc3nc(-c4ccc(Br)cc4)no3)C2)CC1. The van der Waals surface area contributed by atoms with E-state index >= 15 is 0 Å². The molecule has 0 N–H and O–H groups in total. The Hall–Kier alpha value is -2.46. The zero-order valence-corrected chi connectivity index (χ0v) is 19.8. The fraction of sp³-hybridized carbons (Fsp3) is 0.545. The Morgan fingerprint density at radius 2 is 1.84 bits per heavy atom. The van der Waals surface area contributed by atoms with Gasteiger partial charge in [0.1, 0.15) is 0 Å². The normalized spacial score (nSPS) is 19.8. The summed E-state index contributed by atoms with van der Waals surface area (Å²) in [7, 11) is 0. The maximum absolute atomic E-state index is 13.1. The lowest BCUT2D eigenvalue weighted by Gasteiger charge is -2.38. The summed E-state index contributed by atoms with van der Waals surface area (Å²) in [6.45, 7) is 6.39. The van der Waals surface area contributed by atoms with Gasteiger partial charge in [-0.1, -0.05) is 21.1 Å². The lowest BCUT2D eigenvalue weighted by molar-refractivity contribution is -0.139. The van der Waals surface area contributed by atoms with Crippen LogP contribution in [0.3, 0.4) is 0 Å². The molecule has 0 radical (unpaired) electrons. The van der Waals surface area contributed by atoms with E-state index in [9.17, 15) is 9.59 Å². The van der Waals surface area contributed by atoms with Crippen LogP contribution in [0.1, 0.15) is 25.7 Å². The van der Waals surface area contributed by atoms with Gasteiger partial charge in [0.05, 0.1) is 19.1 Å². The Morgan fingerprint density at radius 1 is 1.12 bits per heavy atom. The second-order valence-electron chi connectivity index (χ2n) is 8.10. The Kier molecular flexibility index (Phi) is 7.41. The minimum absolute atomic E-state index is 0.0493. The molecule has 172 valence electrons. The highest BCUT2D eigenvalue weighted by atomic mass is 79.9. The molecule has 2 aliphatic heterocycles. The summed E-state index contributed by atoms with van der Waals surface area (Å²) in [5, 5.41) is 4.10. The first-order valence-corrected chi connectivity index (χ1v) is 11.8. The van der Waals surface area contributed by atoms with E-state index in [-0.39, 0.29) is 17.9 Å². The molecule has 0 saturated carbocycles. The van der Waals surface area contributed by atoms with Crippen molar-refractivity contribution in [2.45, 2.75) is 26.3 Å². The fourth-order valence-electron chi connectivity index (χ4n) is 4.21. The van der Waals surface area contributed by atoms with Gasteiger partial charge in [-0.05, 0) is 50.6 Å². The van der Waals surface area contributed by atoms with Crippen LogP contribution in [0, 0.1) is 5.92 Å². The summed E-state index contributed by atoms with van der Waals surface area (Å²) in [6, 6.07) is 7.77. The third kappa shape index (κ3) is 5.47. The smallest absolute Gasteiger partial charge is 0.409 e. The first-order valence-electron chi connectivity index (χ1n) is 11.0. The zero-order valence-electron chi connectivity index (χ0n) is 18.2. The highest BCUT2D eigenvalue weighted by Gasteiger charge is 2.32. The predicted octanol–water partition coefficient (Wildman–Crippen LogP) is 3.01. The number of ether oxygens (including phenoxy) is 1. The number of piperidine rings is 1. The molecule has 0 aliphatic carbocycles. The fourth-order valence-corrected chi connectivity index (χ4v) is 4.47. The lowest BCUT2D eigenvalue weighted by Crippen LogP contribution is -2.53. The third-order valence-electron chi connectivity index (χ3n) is 5.90. The molecule has 2 aromatic rings. The van der Waals surface area contributed by atoms with Crippen LogP contribution in [-0.4, -0.2) is 82.7 Å². The summed E-state index contributed by atoms with van der Waals surface area (Å²) in [5.41, 5.74) is 0.900. The molecule has 1 aromatic carbocycles. The summed E-state index contributed by atoms with van der Waals surface area (Å²) < 4.78 is 11.5. The monoisotopic (exact) mass is 505 g/mol. The molecule has 0 spiro atoms. The Morgan fingerprint density at radius 3 is 2.56 bits per heavy atom. The van der Waals surface area contributed by atoms with Crippen LogP contribution in [0.15, 0.2) is 33.3 Å². The first-order chi connectivity index (χ1) is 15.5. The zero-order chi connectivity index (χ0) is 22.5. The number of benzene rings is 1. The van der Waals surface area contributed by atoms with Crippen molar-refractivity contribution in [1.82, 2.24) is 24.8 Å². The minimum Gasteiger partial charge on any atom is -0.450 e. The molecule has 2 fully saturated rings. The number of likely N-dealkylation sites (tertiary alicyclic amines) is 1. The van der Waals surface area contributed by atoms with Gasteiger partial charge >= 0.3 is 6.09 Å². The van der Waals surface area contributed by atoms with Crippen molar-refractivity contribution in [1.29, 1.82) is 0 Å². The highest BCUT2D eigenvalue weighted by molar-refractivity contribution is 9.10. The van der Waals surface area contributed by atoms with Crippen molar-refractivity contribution in [3.05, 3.63) is 34.6 Å². The van der Waals surface area contributed by atoms with Gasteiger partial charge in [0.15, 0.2) is 0 Å². The Labute approximate surface area is 195 Å². The van der Waals surface area contributed by atoms with Gasteiger partial charge in [0.25, 0.3) is 0 Å². The molecule has 2 amide bonds. The Balaban J connectivity index is 1.30. The van der Waals surface area contributed by atoms with Crippen molar-refractivity contribution >= 4 is 27.9 Å². The molecule has 1 aromatic heterocycles. The Bertz CT molecular complexity index is 927. The number of hydrogen-bond acceptors (Lipinski definition) is 7. The van der Waals surface area contributed by atoms with Crippen molar-refractivity contribution in [2.75, 3.05) is 45.9 Å². The second-order valence-corrected chi connectivity index (χ2v) is 9.02. The molecule has 9 nitrogen and oxygen atoms in total. The second kappa shape index (κ2) is 10.4. The molecular formula is C22H28BrN5O4. The number of rotatable bonds is 5. The van der Waals surface area contributed by atoms with Crippen molar-refractivity contribution in [3.8, 4) is 11.4 Å². The maximum atomic E-state index is 13.1. The molecule has 2 saturated heterocycles. The van der Waals surface area contributed by atoms with Gasteiger partial charge in [-0.2, -0.15) is 4.98 Å². The van der Waals surface area contributed by atoms with E-state index in [0.717, 1.165) is 29.4 Å². The average molecular weight is 506 g/mol. The molecule has 4 rings (SSSR count). The van der Waals surface area contributed by atoms with E-state index in [0.29, 0.717) is 57.6 Å². The summed E-state index contributed by atoms with van der Waals surface area (Å²) >= 11 is 3.43. The minimum atomic E-state index is -0.300. The van der Waals surface area contributed by atoms with Crippen LogP contribution in [-0.2, 0) is 16.1 Å². The average Bonchev–Trinajstić information content (AvgIpc) is 3.28. The van der Waals surface area contributed by atoms with Gasteiger partial charge in [0, 0.05) is 42.8 Å². The maximum Gasteiger partial charge on any atom is 0.409 e. The van der Waals surface area contributed by atoms with Gasteiger partial charge in [-0.25, -0.2) is 4.79 Å². The number of carbonyl (C=O) groups excluding carboxylic acids is 2. The van der Waals surface area contributed by atoms with Gasteiger partial charge in [-0.3, -0.25) is 9.69 Å². The molecule has 0 bridgehead atoms. The van der Waals surface area contributed by atoms with E-state index in [4.69, 9.17) is 9.26 Å². The van der Waals surface area contributed by atoms with E-state index in [1.54, 1.807) is 11.8 Å². The number of amides is 2. The van der Waals surface area contributed by atoms with E-state index in [1.807, 2.05) is 29.2 Å². The van der Waals surface area contributed by atoms with Crippen molar-refractivity contribution in [2.24, 2.45) is 5.92 Å². The number of piperazine rings is 1. The third-order valence-corrected chi connectivity index (χ3v) is 6.43. The largest absolute Gasteiger partial charge is 0.450 e. The number of hydrogen-bond donors (Lipinski definition) is 0. The standard InChI is InChI=1S/C22H28BrN5O4/c1-2-31-22(30)28-12-10-27(11-13-28)21(29)17-4-3-9-26(14-17)15-19-24-20(25-32-19)16-5-7-18(23)8-6-16/h5-8,17H,2-4,9-15H2,1H3. The lowest BCUT2D eigenvalue weighted by atomic mass is 9.96. The van der Waals surface area contributed by atoms with Gasteiger partial charge in [0.2, 0.25) is 17.6 Å². The van der Waals surface area contributed by atoms with Crippen LogP contribution >= 0.6 is 15.9 Å². The topological polar surface area (TPSA) is 92.0 Å². The quantitative estimate of drug-likeness (QED) is 0.616. The molecular weight excluding hydrogens is 478 g/mol. The number of aromatic nitrogens is 2. The summed E-state index contributed by atoms with van der Waals surface area (Å²) in [6.07, 6.45) is 1.53. The molecule has 32 heavy (non-hydrogen) atoms. The number of halogens is 1. The predicted molar refractivity (Wildman–Crippen MR) is 121 cm³/mol. The van der Waals surface area contributed by atoms with E-state index in [1.165, 1.54) is 0 Å². The van der Waals surface area contributed by atoms with Crippen LogP contribution in [0.4, 0.5) is 4.79 Å². The van der Waals surface area contributed by atoms with Gasteiger partial charge < -0.3 is 19.1 Å². The van der Waals surface area contributed by atoms with Crippen LogP contribution in [0.2, 0.25) is 0 Å². The van der Waals surface area contributed by atoms with Crippen LogP contribution in [0.5, 0.6) is 0 Å². The van der Waals surface area contributed by atoms with Crippen molar-refractivity contribution < 1.29 is 18.8 Å². The van der Waals surface area contributed by atoms with E-state index in [2.05, 4.69) is 31.0 Å². The van der Waals surface area contributed by atoms with Gasteiger partial charge in [-0.15, -0.1) is 0 Å². The van der Waals surface area contributed by atoms with Crippen LogP contribution < -0.4 is 0 Å². The van der Waals surface area contributed by atoms with Crippen molar-refractivity contribution in [3.63, 3.8) is 0 Å². The van der Waals surface area contributed by atoms with E-state index < -0.39 is 0 Å².